The normalized spacial score (nSPS) is 12.3. The maximum absolute atomic E-state index is 13.7. The van der Waals surface area contributed by atoms with Gasteiger partial charge in [0.05, 0.1) is 29.5 Å². The van der Waals surface area contributed by atoms with Crippen LogP contribution in [0, 0.1) is 0 Å². The van der Waals surface area contributed by atoms with Crippen molar-refractivity contribution in [2.75, 3.05) is 6.54 Å². The molecule has 138 valence electrons. The largest absolute Gasteiger partial charge is 0.416 e. The van der Waals surface area contributed by atoms with E-state index in [9.17, 15) is 17.6 Å². The Hall–Kier alpha value is -2.52. The van der Waals surface area contributed by atoms with Crippen LogP contribution in [-0.2, 0) is 12.7 Å². The lowest BCUT2D eigenvalue weighted by Gasteiger charge is -2.11. The molecule has 2 heterocycles. The van der Waals surface area contributed by atoms with E-state index in [1.54, 1.807) is 0 Å². The Morgan fingerprint density at radius 2 is 1.88 bits per heavy atom. The predicted molar refractivity (Wildman–Crippen MR) is 91.3 cm³/mol. The number of nitrogens with zero attached hydrogens (tertiary/aromatic N) is 4. The fourth-order valence-corrected chi connectivity index (χ4v) is 2.47. The standard InChI is InChI=1S/C16H13F4N5.ClH/c17-12(1-2-21)7-25-9-24-15-13(10-5-22-8-23-6-10)3-11(4-14(15)25)16(18,19)20;/h1,3-6,8-9H,2,7,21H2;1H/b12-1-;. The van der Waals surface area contributed by atoms with Crippen LogP contribution in [0.15, 0.2) is 49.1 Å². The summed E-state index contributed by atoms with van der Waals surface area (Å²) >= 11 is 0. The lowest BCUT2D eigenvalue weighted by Crippen LogP contribution is -2.06. The van der Waals surface area contributed by atoms with Crippen LogP contribution in [0.4, 0.5) is 17.6 Å². The Balaban J connectivity index is 0.00000243. The summed E-state index contributed by atoms with van der Waals surface area (Å²) in [7, 11) is 0. The number of rotatable bonds is 4. The summed E-state index contributed by atoms with van der Waals surface area (Å²) in [5.41, 5.74) is 5.48. The first-order chi connectivity index (χ1) is 11.9. The molecule has 2 aromatic heterocycles. The van der Waals surface area contributed by atoms with Gasteiger partial charge in [0.2, 0.25) is 0 Å². The molecule has 0 bridgehead atoms. The maximum atomic E-state index is 13.7. The van der Waals surface area contributed by atoms with E-state index >= 15 is 0 Å². The van der Waals surface area contributed by atoms with Crippen LogP contribution < -0.4 is 5.73 Å². The number of hydrogen-bond donors (Lipinski definition) is 1. The number of aromatic nitrogens is 4. The molecule has 0 spiro atoms. The molecule has 0 atom stereocenters. The van der Waals surface area contributed by atoms with Crippen molar-refractivity contribution in [2.24, 2.45) is 5.73 Å². The number of fused-ring (bicyclic) bond motifs is 1. The summed E-state index contributed by atoms with van der Waals surface area (Å²) in [6.07, 6.45) is 1.97. The summed E-state index contributed by atoms with van der Waals surface area (Å²) in [5.74, 6) is -0.552. The average Bonchev–Trinajstić information content (AvgIpc) is 2.97. The number of allylic oxidation sites excluding steroid dienone is 1. The van der Waals surface area contributed by atoms with Crippen molar-refractivity contribution in [3.8, 4) is 11.1 Å². The van der Waals surface area contributed by atoms with E-state index in [1.165, 1.54) is 29.6 Å². The first-order valence-electron chi connectivity index (χ1n) is 7.26. The number of imidazole rings is 1. The quantitative estimate of drug-likeness (QED) is 0.692. The van der Waals surface area contributed by atoms with Crippen LogP contribution in [0.5, 0.6) is 0 Å². The molecular formula is C16H14ClF4N5. The van der Waals surface area contributed by atoms with E-state index in [-0.39, 0.29) is 36.6 Å². The number of nitrogens with two attached hydrogens (primary N) is 1. The highest BCUT2D eigenvalue weighted by Gasteiger charge is 2.32. The smallest absolute Gasteiger partial charge is 0.327 e. The summed E-state index contributed by atoms with van der Waals surface area (Å²) in [5, 5.41) is 0. The molecule has 5 nitrogen and oxygen atoms in total. The van der Waals surface area contributed by atoms with Crippen LogP contribution in [0.2, 0.25) is 0 Å². The van der Waals surface area contributed by atoms with Crippen LogP contribution >= 0.6 is 12.4 Å². The minimum Gasteiger partial charge on any atom is -0.327 e. The summed E-state index contributed by atoms with van der Waals surface area (Å²) in [6.45, 7) is -0.251. The predicted octanol–water partition coefficient (Wildman–Crippen LogP) is 3.75. The van der Waals surface area contributed by atoms with Crippen molar-refractivity contribution in [3.05, 3.63) is 54.6 Å². The Morgan fingerprint density at radius 1 is 1.19 bits per heavy atom. The Kier molecular flexibility index (Phi) is 5.94. The Labute approximate surface area is 152 Å². The first-order valence-corrected chi connectivity index (χ1v) is 7.26. The summed E-state index contributed by atoms with van der Waals surface area (Å²) in [4.78, 5) is 11.8. The van der Waals surface area contributed by atoms with Crippen molar-refractivity contribution in [2.45, 2.75) is 12.7 Å². The molecule has 3 aromatic rings. The van der Waals surface area contributed by atoms with Crippen molar-refractivity contribution >= 4 is 23.4 Å². The average molecular weight is 388 g/mol. The van der Waals surface area contributed by atoms with Crippen LogP contribution in [-0.4, -0.2) is 26.1 Å². The van der Waals surface area contributed by atoms with Gasteiger partial charge in [-0.3, -0.25) is 0 Å². The van der Waals surface area contributed by atoms with Gasteiger partial charge in [-0.25, -0.2) is 19.3 Å². The molecule has 1 aromatic carbocycles. The van der Waals surface area contributed by atoms with Gasteiger partial charge in [-0.05, 0) is 18.2 Å². The van der Waals surface area contributed by atoms with Gasteiger partial charge in [0.15, 0.2) is 0 Å². The fourth-order valence-electron chi connectivity index (χ4n) is 2.47. The molecule has 26 heavy (non-hydrogen) atoms. The molecule has 2 N–H and O–H groups in total. The minimum absolute atomic E-state index is 0. The second kappa shape index (κ2) is 7.79. The van der Waals surface area contributed by atoms with E-state index in [1.807, 2.05) is 0 Å². The zero-order valence-corrected chi connectivity index (χ0v) is 14.1. The van der Waals surface area contributed by atoms with Gasteiger partial charge in [0, 0.05) is 30.1 Å². The highest BCUT2D eigenvalue weighted by Crippen LogP contribution is 2.36. The number of hydrogen-bond acceptors (Lipinski definition) is 4. The van der Waals surface area contributed by atoms with E-state index in [0.29, 0.717) is 11.1 Å². The second-order valence-corrected chi connectivity index (χ2v) is 5.28. The molecule has 10 heteroatoms. The van der Waals surface area contributed by atoms with Crippen molar-refractivity contribution in [1.82, 2.24) is 19.5 Å². The lowest BCUT2D eigenvalue weighted by molar-refractivity contribution is -0.137. The van der Waals surface area contributed by atoms with Crippen LogP contribution in [0.3, 0.4) is 0 Å². The van der Waals surface area contributed by atoms with Crippen molar-refractivity contribution in [3.63, 3.8) is 0 Å². The molecule has 0 radical (unpaired) electrons. The van der Waals surface area contributed by atoms with Crippen LogP contribution in [0.1, 0.15) is 5.56 Å². The van der Waals surface area contributed by atoms with E-state index in [4.69, 9.17) is 5.73 Å². The van der Waals surface area contributed by atoms with E-state index in [0.717, 1.165) is 18.2 Å². The lowest BCUT2D eigenvalue weighted by atomic mass is 10.0. The van der Waals surface area contributed by atoms with E-state index < -0.39 is 17.6 Å². The van der Waals surface area contributed by atoms with Gasteiger partial charge in [-0.15, -0.1) is 12.4 Å². The van der Waals surface area contributed by atoms with Gasteiger partial charge in [0.25, 0.3) is 0 Å². The van der Waals surface area contributed by atoms with Gasteiger partial charge >= 0.3 is 6.18 Å². The minimum atomic E-state index is -4.56. The number of benzene rings is 1. The molecule has 0 fully saturated rings. The van der Waals surface area contributed by atoms with E-state index in [2.05, 4.69) is 15.0 Å². The zero-order chi connectivity index (χ0) is 18.0. The number of halogens is 5. The van der Waals surface area contributed by atoms with Gasteiger partial charge in [-0.2, -0.15) is 13.2 Å². The molecule has 0 unspecified atom stereocenters. The molecule has 3 rings (SSSR count). The molecule has 0 amide bonds. The third kappa shape index (κ3) is 4.00. The fraction of sp³-hybridized carbons (Fsp3) is 0.188. The molecule has 0 aliphatic heterocycles. The topological polar surface area (TPSA) is 69.6 Å². The van der Waals surface area contributed by atoms with Crippen molar-refractivity contribution in [1.29, 1.82) is 0 Å². The van der Waals surface area contributed by atoms with Gasteiger partial charge in [0.1, 0.15) is 12.2 Å². The number of alkyl halides is 3. The molecule has 0 aliphatic carbocycles. The second-order valence-electron chi connectivity index (χ2n) is 5.28. The summed E-state index contributed by atoms with van der Waals surface area (Å²) < 4.78 is 54.9. The summed E-state index contributed by atoms with van der Waals surface area (Å²) in [6, 6.07) is 1.94. The van der Waals surface area contributed by atoms with Crippen LogP contribution in [0.25, 0.3) is 22.2 Å². The maximum Gasteiger partial charge on any atom is 0.416 e. The van der Waals surface area contributed by atoms with Gasteiger partial charge in [-0.1, -0.05) is 0 Å². The van der Waals surface area contributed by atoms with Crippen molar-refractivity contribution < 1.29 is 17.6 Å². The van der Waals surface area contributed by atoms with Gasteiger partial charge < -0.3 is 10.3 Å². The first kappa shape index (κ1) is 19.8. The zero-order valence-electron chi connectivity index (χ0n) is 13.2. The molecular weight excluding hydrogens is 374 g/mol. The Bertz CT molecular complexity index is 922. The SMILES string of the molecule is Cl.NC/C=C(\F)Cn1cnc2c(-c3cncnc3)cc(C(F)(F)F)cc21. The molecule has 0 saturated heterocycles. The monoisotopic (exact) mass is 387 g/mol. The highest BCUT2D eigenvalue weighted by atomic mass is 35.5. The highest BCUT2D eigenvalue weighted by molar-refractivity contribution is 5.92. The molecule has 0 aliphatic rings. The molecule has 0 saturated carbocycles. The third-order valence-electron chi connectivity index (χ3n) is 3.59. The third-order valence-corrected chi connectivity index (χ3v) is 3.59. The Morgan fingerprint density at radius 3 is 2.50 bits per heavy atom.